The van der Waals surface area contributed by atoms with E-state index in [0.717, 1.165) is 10.6 Å². The van der Waals surface area contributed by atoms with Gasteiger partial charge in [-0.05, 0) is 20.3 Å². The molecule has 19 heavy (non-hydrogen) atoms. The van der Waals surface area contributed by atoms with Gasteiger partial charge in [0, 0.05) is 11.6 Å². The van der Waals surface area contributed by atoms with Crippen molar-refractivity contribution in [3.8, 4) is 0 Å². The van der Waals surface area contributed by atoms with Crippen molar-refractivity contribution in [1.29, 1.82) is 0 Å². The maximum Gasteiger partial charge on any atom is 0.235 e. The number of carbonyl (C=O) groups is 2. The Morgan fingerprint density at radius 1 is 1.32 bits per heavy atom. The predicted molar refractivity (Wildman–Crippen MR) is 72.4 cm³/mol. The van der Waals surface area contributed by atoms with E-state index in [9.17, 15) is 9.59 Å². The van der Waals surface area contributed by atoms with Crippen LogP contribution in [0.3, 0.4) is 0 Å². The van der Waals surface area contributed by atoms with Gasteiger partial charge in [-0.3, -0.25) is 20.0 Å². The monoisotopic (exact) mass is 259 g/mol. The zero-order valence-corrected chi connectivity index (χ0v) is 11.1. The minimum absolute atomic E-state index is 0.210. The number of hydrogen-bond donors (Lipinski definition) is 2. The van der Waals surface area contributed by atoms with Gasteiger partial charge in [-0.25, -0.2) is 0 Å². The molecule has 2 amide bonds. The summed E-state index contributed by atoms with van der Waals surface area (Å²) in [5.74, 6) is -0.835. The predicted octanol–water partition coefficient (Wildman–Crippen LogP) is 0.0869. The molecule has 1 aromatic rings. The number of hydrogen-bond acceptors (Lipinski definition) is 3. The second-order valence-corrected chi connectivity index (χ2v) is 4.42. The Labute approximate surface area is 111 Å². The SMILES string of the molecule is C\C=C/C=c1/c(C2CCC(=O)NC2=O)n[nH]/c1=C/C. The number of rotatable bonds is 2. The topological polar surface area (TPSA) is 74.8 Å². The van der Waals surface area contributed by atoms with Crippen LogP contribution in [0.4, 0.5) is 0 Å². The van der Waals surface area contributed by atoms with Crippen LogP contribution in [0.1, 0.15) is 38.3 Å². The summed E-state index contributed by atoms with van der Waals surface area (Å²) in [7, 11) is 0. The minimum atomic E-state index is -0.362. The highest BCUT2D eigenvalue weighted by atomic mass is 16.2. The highest BCUT2D eigenvalue weighted by Crippen LogP contribution is 2.19. The molecule has 0 radical (unpaired) electrons. The number of nitrogens with zero attached hydrogens (tertiary/aromatic N) is 1. The van der Waals surface area contributed by atoms with Gasteiger partial charge >= 0.3 is 0 Å². The molecule has 1 aliphatic heterocycles. The second-order valence-electron chi connectivity index (χ2n) is 4.42. The van der Waals surface area contributed by atoms with Crippen LogP contribution in [0.25, 0.3) is 12.2 Å². The Morgan fingerprint density at radius 2 is 2.11 bits per heavy atom. The lowest BCUT2D eigenvalue weighted by atomic mass is 9.93. The molecule has 1 unspecified atom stereocenters. The van der Waals surface area contributed by atoms with Gasteiger partial charge in [0.25, 0.3) is 0 Å². The molecule has 1 aliphatic rings. The lowest BCUT2D eigenvalue weighted by Gasteiger charge is -2.18. The van der Waals surface area contributed by atoms with E-state index < -0.39 is 0 Å². The first kappa shape index (κ1) is 13.3. The number of imide groups is 1. The number of carbonyl (C=O) groups excluding carboxylic acids is 2. The Hall–Kier alpha value is -2.17. The standard InChI is InChI=1S/C14H17N3O2/c1-3-5-6-9-11(4-2)16-17-13(9)10-7-8-12(18)15-14(10)19/h3-6,10,16H,7-8H2,1-2H3,(H,15,18,19)/b5-3-,9-6+,11-4+. The first-order valence-electron chi connectivity index (χ1n) is 6.34. The van der Waals surface area contributed by atoms with Crippen molar-refractivity contribution in [2.24, 2.45) is 0 Å². The van der Waals surface area contributed by atoms with Crippen molar-refractivity contribution >= 4 is 24.0 Å². The number of H-pyrrole nitrogens is 1. The summed E-state index contributed by atoms with van der Waals surface area (Å²) in [4.78, 5) is 23.1. The van der Waals surface area contributed by atoms with Crippen LogP contribution < -0.4 is 15.9 Å². The van der Waals surface area contributed by atoms with Crippen LogP contribution in [0.2, 0.25) is 0 Å². The molecule has 2 heterocycles. The zero-order valence-electron chi connectivity index (χ0n) is 11.1. The first-order chi connectivity index (χ1) is 9.17. The summed E-state index contributed by atoms with van der Waals surface area (Å²) in [6, 6.07) is 0. The first-order valence-corrected chi connectivity index (χ1v) is 6.34. The Kier molecular flexibility index (Phi) is 3.94. The van der Waals surface area contributed by atoms with E-state index >= 15 is 0 Å². The molecule has 1 fully saturated rings. The second kappa shape index (κ2) is 5.65. The molecule has 1 saturated heterocycles. The lowest BCUT2D eigenvalue weighted by Crippen LogP contribution is -2.41. The highest BCUT2D eigenvalue weighted by molar-refractivity contribution is 6.00. The zero-order chi connectivity index (χ0) is 13.8. The molecule has 2 rings (SSSR count). The Bertz CT molecular complexity index is 640. The summed E-state index contributed by atoms with van der Waals surface area (Å²) in [6.07, 6.45) is 8.54. The normalized spacial score (nSPS) is 22.3. The summed E-state index contributed by atoms with van der Waals surface area (Å²) in [5.41, 5.74) is 0.705. The van der Waals surface area contributed by atoms with Gasteiger partial charge in [0.2, 0.25) is 11.8 Å². The molecule has 2 N–H and O–H groups in total. The third-order valence-electron chi connectivity index (χ3n) is 3.18. The van der Waals surface area contributed by atoms with Crippen molar-refractivity contribution < 1.29 is 9.59 Å². The summed E-state index contributed by atoms with van der Waals surface area (Å²) >= 11 is 0. The maximum atomic E-state index is 11.9. The number of aromatic nitrogens is 2. The van der Waals surface area contributed by atoms with E-state index in [-0.39, 0.29) is 17.7 Å². The fourth-order valence-electron chi connectivity index (χ4n) is 2.19. The number of nitrogens with one attached hydrogen (secondary N) is 2. The van der Waals surface area contributed by atoms with Crippen LogP contribution in [-0.2, 0) is 9.59 Å². The van der Waals surface area contributed by atoms with Crippen molar-refractivity contribution in [2.45, 2.75) is 32.6 Å². The largest absolute Gasteiger partial charge is 0.296 e. The number of aromatic amines is 1. The van der Waals surface area contributed by atoms with E-state index in [1.165, 1.54) is 0 Å². The van der Waals surface area contributed by atoms with Crippen molar-refractivity contribution in [2.75, 3.05) is 0 Å². The Morgan fingerprint density at radius 3 is 2.74 bits per heavy atom. The van der Waals surface area contributed by atoms with Crippen molar-refractivity contribution in [1.82, 2.24) is 15.5 Å². The maximum absolute atomic E-state index is 11.9. The van der Waals surface area contributed by atoms with Gasteiger partial charge in [-0.15, -0.1) is 0 Å². The smallest absolute Gasteiger partial charge is 0.235 e. The van der Waals surface area contributed by atoms with Gasteiger partial charge in [-0.1, -0.05) is 24.3 Å². The molecule has 1 aromatic heterocycles. The van der Waals surface area contributed by atoms with E-state index in [2.05, 4.69) is 15.5 Å². The molecule has 5 nitrogen and oxygen atoms in total. The van der Waals surface area contributed by atoms with Crippen LogP contribution in [0.5, 0.6) is 0 Å². The fraction of sp³-hybridized carbons (Fsp3) is 0.357. The Balaban J connectivity index is 2.49. The molecule has 0 saturated carbocycles. The number of amides is 2. The summed E-state index contributed by atoms with van der Waals surface area (Å²) in [5, 5.41) is 11.3. The molecule has 0 spiro atoms. The third kappa shape index (κ3) is 2.65. The fourth-order valence-corrected chi connectivity index (χ4v) is 2.19. The van der Waals surface area contributed by atoms with Crippen molar-refractivity contribution in [3.05, 3.63) is 28.4 Å². The quantitative estimate of drug-likeness (QED) is 0.739. The van der Waals surface area contributed by atoms with Crippen LogP contribution in [0, 0.1) is 0 Å². The van der Waals surface area contributed by atoms with Crippen LogP contribution in [0.15, 0.2) is 12.2 Å². The van der Waals surface area contributed by atoms with Gasteiger partial charge < -0.3 is 0 Å². The van der Waals surface area contributed by atoms with E-state index in [0.29, 0.717) is 18.5 Å². The molecular formula is C14H17N3O2. The molecule has 0 bridgehead atoms. The van der Waals surface area contributed by atoms with E-state index in [1.54, 1.807) is 0 Å². The molecule has 1 atom stereocenters. The molecule has 5 heteroatoms. The average Bonchev–Trinajstić information content (AvgIpc) is 2.79. The van der Waals surface area contributed by atoms with Gasteiger partial charge in [-0.2, -0.15) is 5.10 Å². The van der Waals surface area contributed by atoms with Gasteiger partial charge in [0.1, 0.15) is 0 Å². The summed E-state index contributed by atoms with van der Waals surface area (Å²) < 4.78 is 0. The third-order valence-corrected chi connectivity index (χ3v) is 3.18. The lowest BCUT2D eigenvalue weighted by molar-refractivity contribution is -0.134. The minimum Gasteiger partial charge on any atom is -0.296 e. The average molecular weight is 259 g/mol. The molecular weight excluding hydrogens is 242 g/mol. The van der Waals surface area contributed by atoms with Gasteiger partial charge in [0.15, 0.2) is 0 Å². The number of allylic oxidation sites excluding steroid dienone is 2. The molecule has 100 valence electrons. The molecule has 0 aromatic carbocycles. The van der Waals surface area contributed by atoms with Crippen LogP contribution >= 0.6 is 0 Å². The van der Waals surface area contributed by atoms with Crippen molar-refractivity contribution in [3.63, 3.8) is 0 Å². The van der Waals surface area contributed by atoms with Crippen LogP contribution in [-0.4, -0.2) is 22.0 Å². The number of piperidine rings is 1. The molecule has 0 aliphatic carbocycles. The van der Waals surface area contributed by atoms with Gasteiger partial charge in [0.05, 0.1) is 17.0 Å². The van der Waals surface area contributed by atoms with E-state index in [4.69, 9.17) is 0 Å². The highest BCUT2D eigenvalue weighted by Gasteiger charge is 2.30. The van der Waals surface area contributed by atoms with E-state index in [1.807, 2.05) is 38.2 Å². The summed E-state index contributed by atoms with van der Waals surface area (Å²) in [6.45, 7) is 3.84.